The van der Waals surface area contributed by atoms with Crippen LogP contribution in [0.1, 0.15) is 25.7 Å². The Bertz CT molecular complexity index is 1430. The zero-order valence-corrected chi connectivity index (χ0v) is 21.7. The Kier molecular flexibility index (Phi) is 6.06. The summed E-state index contributed by atoms with van der Waals surface area (Å²) in [4.78, 5) is 19.3. The summed E-state index contributed by atoms with van der Waals surface area (Å²) < 4.78 is 39.9. The number of carbonyl (C=O) groups excluding carboxylic acids is 1. The third kappa shape index (κ3) is 4.44. The molecule has 9 heteroatoms. The smallest absolute Gasteiger partial charge is 0.249 e. The number of benzene rings is 2. The number of piperidine rings is 1. The van der Waals surface area contributed by atoms with Crippen LogP contribution in [0.4, 0.5) is 0 Å². The second-order valence-corrected chi connectivity index (χ2v) is 12.4. The zero-order valence-electron chi connectivity index (χ0n) is 20.9. The highest BCUT2D eigenvalue weighted by molar-refractivity contribution is 7.89. The van der Waals surface area contributed by atoms with E-state index in [1.54, 1.807) is 29.7 Å². The fraction of sp³-hybridized carbons (Fsp3) is 0.429. The van der Waals surface area contributed by atoms with Gasteiger partial charge in [0.25, 0.3) is 0 Å². The van der Waals surface area contributed by atoms with E-state index in [1.807, 2.05) is 47.4 Å². The van der Waals surface area contributed by atoms with Gasteiger partial charge >= 0.3 is 0 Å². The minimum Gasteiger partial charge on any atom is -0.382 e. The lowest BCUT2D eigenvalue weighted by Gasteiger charge is -2.48. The summed E-state index contributed by atoms with van der Waals surface area (Å²) in [6, 6.07) is 17.0. The molecule has 1 amide bonds. The highest BCUT2D eigenvalue weighted by atomic mass is 32.2. The van der Waals surface area contributed by atoms with Crippen LogP contribution < -0.4 is 0 Å². The van der Waals surface area contributed by atoms with Gasteiger partial charge in [-0.3, -0.25) is 9.78 Å². The van der Waals surface area contributed by atoms with Crippen molar-refractivity contribution in [1.29, 1.82) is 0 Å². The van der Waals surface area contributed by atoms with Crippen molar-refractivity contribution in [2.24, 2.45) is 0 Å². The maximum atomic E-state index is 13.4. The molecule has 3 fully saturated rings. The molecule has 1 saturated carbocycles. The Morgan fingerprint density at radius 3 is 2.43 bits per heavy atom. The number of hydrogen-bond acceptors (Lipinski definition) is 6. The number of aromatic nitrogens is 1. The topological polar surface area (TPSA) is 89.0 Å². The van der Waals surface area contributed by atoms with Crippen LogP contribution in [-0.4, -0.2) is 79.6 Å². The third-order valence-corrected chi connectivity index (χ3v) is 10.0. The first-order chi connectivity index (χ1) is 17.8. The van der Waals surface area contributed by atoms with Crippen molar-refractivity contribution in [2.75, 3.05) is 40.0 Å². The number of fused-ring (bicyclic) bond motifs is 1. The zero-order chi connectivity index (χ0) is 25.7. The molecule has 6 rings (SSSR count). The quantitative estimate of drug-likeness (QED) is 0.494. The standard InChI is InChI=1S/C28H31N3O5S/c1-35-20-27(10-11-27)31-19-28(36-18-26(31)32)12-15-30(16-13-28)37(33,34)24-8-6-21(7-9-24)23-5-4-22-3-2-14-29-25(22)17-23/h2-9,14,17H,10-13,15-16,18-20H2,1H3. The second-order valence-electron chi connectivity index (χ2n) is 10.4. The molecule has 0 radical (unpaired) electrons. The Morgan fingerprint density at radius 1 is 1.00 bits per heavy atom. The maximum Gasteiger partial charge on any atom is 0.249 e. The van der Waals surface area contributed by atoms with Crippen LogP contribution in [0.25, 0.3) is 22.0 Å². The molecule has 0 unspecified atom stereocenters. The highest BCUT2D eigenvalue weighted by Crippen LogP contribution is 2.45. The fourth-order valence-corrected chi connectivity index (χ4v) is 7.14. The summed E-state index contributed by atoms with van der Waals surface area (Å²) >= 11 is 0. The highest BCUT2D eigenvalue weighted by Gasteiger charge is 2.55. The number of carbonyl (C=O) groups is 1. The first-order valence-corrected chi connectivity index (χ1v) is 14.2. The molecule has 2 saturated heterocycles. The first-order valence-electron chi connectivity index (χ1n) is 12.7. The molecule has 0 bridgehead atoms. The molecule has 2 aliphatic heterocycles. The number of hydrogen-bond donors (Lipinski definition) is 0. The van der Waals surface area contributed by atoms with Gasteiger partial charge in [-0.1, -0.05) is 30.3 Å². The molecular formula is C28H31N3O5S. The minimum absolute atomic E-state index is 0.00230. The predicted molar refractivity (Wildman–Crippen MR) is 139 cm³/mol. The summed E-state index contributed by atoms with van der Waals surface area (Å²) in [5, 5.41) is 1.06. The Morgan fingerprint density at radius 2 is 1.73 bits per heavy atom. The summed E-state index contributed by atoms with van der Waals surface area (Å²) in [5.41, 5.74) is 2.12. The van der Waals surface area contributed by atoms with Crippen molar-refractivity contribution < 1.29 is 22.7 Å². The van der Waals surface area contributed by atoms with Crippen LogP contribution in [-0.2, 0) is 24.3 Å². The number of sulfonamides is 1. The van der Waals surface area contributed by atoms with Gasteiger partial charge in [0.15, 0.2) is 0 Å². The second kappa shape index (κ2) is 9.16. The molecule has 37 heavy (non-hydrogen) atoms. The number of morpholine rings is 1. The van der Waals surface area contributed by atoms with E-state index >= 15 is 0 Å². The van der Waals surface area contributed by atoms with E-state index in [0.29, 0.717) is 39.1 Å². The molecule has 3 heterocycles. The number of rotatable bonds is 6. The molecule has 1 spiro atoms. The molecular weight excluding hydrogens is 490 g/mol. The number of amides is 1. The van der Waals surface area contributed by atoms with E-state index in [-0.39, 0.29) is 22.9 Å². The van der Waals surface area contributed by atoms with Gasteiger partial charge in [0.05, 0.1) is 34.7 Å². The van der Waals surface area contributed by atoms with E-state index < -0.39 is 15.6 Å². The number of ether oxygens (including phenoxy) is 2. The Hall–Kier alpha value is -2.85. The molecule has 1 aromatic heterocycles. The minimum atomic E-state index is -3.64. The first kappa shape index (κ1) is 24.5. The average Bonchev–Trinajstić information content (AvgIpc) is 3.71. The summed E-state index contributed by atoms with van der Waals surface area (Å²) in [5.74, 6) is -0.00230. The van der Waals surface area contributed by atoms with Crippen LogP contribution in [0.5, 0.6) is 0 Å². The van der Waals surface area contributed by atoms with Crippen molar-refractivity contribution in [3.8, 4) is 11.1 Å². The van der Waals surface area contributed by atoms with Gasteiger partial charge < -0.3 is 14.4 Å². The van der Waals surface area contributed by atoms with Crippen molar-refractivity contribution >= 4 is 26.8 Å². The van der Waals surface area contributed by atoms with Crippen molar-refractivity contribution in [3.05, 3.63) is 60.8 Å². The molecule has 194 valence electrons. The largest absolute Gasteiger partial charge is 0.382 e. The Labute approximate surface area is 217 Å². The number of nitrogens with zero attached hydrogens (tertiary/aromatic N) is 3. The van der Waals surface area contributed by atoms with Gasteiger partial charge in [0.1, 0.15) is 6.61 Å². The van der Waals surface area contributed by atoms with Gasteiger partial charge in [-0.15, -0.1) is 0 Å². The molecule has 0 N–H and O–H groups in total. The lowest BCUT2D eigenvalue weighted by Crippen LogP contribution is -2.62. The van der Waals surface area contributed by atoms with E-state index in [2.05, 4.69) is 4.98 Å². The molecule has 3 aliphatic rings. The van der Waals surface area contributed by atoms with Crippen molar-refractivity contribution in [3.63, 3.8) is 0 Å². The number of pyridine rings is 1. The van der Waals surface area contributed by atoms with E-state index in [9.17, 15) is 13.2 Å². The Balaban J connectivity index is 1.15. The SMILES string of the molecule is COCC1(N2CC3(CCN(S(=O)(=O)c4ccc(-c5ccc6cccnc6c5)cc4)CC3)OCC2=O)CC1. The van der Waals surface area contributed by atoms with E-state index in [1.165, 1.54) is 0 Å². The summed E-state index contributed by atoms with van der Waals surface area (Å²) in [6.07, 6.45) is 4.76. The molecule has 2 aromatic carbocycles. The summed E-state index contributed by atoms with van der Waals surface area (Å²) in [6.45, 7) is 1.79. The van der Waals surface area contributed by atoms with Crippen LogP contribution in [0.15, 0.2) is 65.7 Å². The van der Waals surface area contributed by atoms with Crippen molar-refractivity contribution in [1.82, 2.24) is 14.2 Å². The van der Waals surface area contributed by atoms with Crippen LogP contribution >= 0.6 is 0 Å². The molecule has 3 aromatic rings. The van der Waals surface area contributed by atoms with Crippen LogP contribution in [0, 0.1) is 0 Å². The maximum absolute atomic E-state index is 13.4. The van der Waals surface area contributed by atoms with Crippen LogP contribution in [0.3, 0.4) is 0 Å². The summed E-state index contributed by atoms with van der Waals surface area (Å²) in [7, 11) is -1.97. The molecule has 1 aliphatic carbocycles. The monoisotopic (exact) mass is 521 g/mol. The number of methoxy groups -OCH3 is 1. The van der Waals surface area contributed by atoms with Gasteiger partial charge in [-0.25, -0.2) is 8.42 Å². The van der Waals surface area contributed by atoms with E-state index in [0.717, 1.165) is 34.9 Å². The lowest BCUT2D eigenvalue weighted by atomic mass is 9.89. The fourth-order valence-electron chi connectivity index (χ4n) is 5.70. The normalized spacial score (nSPS) is 21.4. The van der Waals surface area contributed by atoms with Gasteiger partial charge in [0.2, 0.25) is 15.9 Å². The lowest BCUT2D eigenvalue weighted by molar-refractivity contribution is -0.177. The van der Waals surface area contributed by atoms with Gasteiger partial charge in [-0.05, 0) is 61.1 Å². The average molecular weight is 522 g/mol. The van der Waals surface area contributed by atoms with E-state index in [4.69, 9.17) is 9.47 Å². The van der Waals surface area contributed by atoms with Crippen molar-refractivity contribution in [2.45, 2.75) is 41.7 Å². The third-order valence-electron chi connectivity index (χ3n) is 8.13. The predicted octanol–water partition coefficient (Wildman–Crippen LogP) is 3.46. The molecule has 8 nitrogen and oxygen atoms in total. The van der Waals surface area contributed by atoms with Gasteiger partial charge in [0, 0.05) is 31.8 Å². The van der Waals surface area contributed by atoms with Gasteiger partial charge in [-0.2, -0.15) is 4.31 Å². The molecule has 0 atom stereocenters. The van der Waals surface area contributed by atoms with Crippen LogP contribution in [0.2, 0.25) is 0 Å².